The predicted molar refractivity (Wildman–Crippen MR) is 92.5 cm³/mol. The van der Waals surface area contributed by atoms with Crippen LogP contribution in [0.15, 0.2) is 0 Å². The van der Waals surface area contributed by atoms with E-state index in [-0.39, 0.29) is 24.4 Å². The van der Waals surface area contributed by atoms with Gasteiger partial charge in [-0.1, -0.05) is 20.8 Å². The van der Waals surface area contributed by atoms with E-state index in [0.717, 1.165) is 4.90 Å². The molecule has 4 N–H and O–H groups in total. The van der Waals surface area contributed by atoms with Gasteiger partial charge in [0.15, 0.2) is 0 Å². The minimum absolute atomic E-state index is 0.0223. The summed E-state index contributed by atoms with van der Waals surface area (Å²) in [4.78, 5) is 37.0. The number of β-amino-alcohol motifs (C(OH)–C–C–N with tert-alkyl or cyclic N) is 1. The molecule has 0 bridgehead atoms. The second-order valence-electron chi connectivity index (χ2n) is 8.57. The van der Waals surface area contributed by atoms with Gasteiger partial charge in [0.25, 0.3) is 0 Å². The van der Waals surface area contributed by atoms with Gasteiger partial charge in [0.05, 0.1) is 19.2 Å². The van der Waals surface area contributed by atoms with Crippen molar-refractivity contribution < 1.29 is 24.6 Å². The lowest BCUT2D eigenvalue weighted by atomic mass is 9.81. The van der Waals surface area contributed by atoms with E-state index in [1.165, 1.54) is 6.92 Å². The van der Waals surface area contributed by atoms with Crippen molar-refractivity contribution in [3.63, 3.8) is 0 Å². The van der Waals surface area contributed by atoms with E-state index in [1.807, 2.05) is 13.8 Å². The molecule has 0 saturated carbocycles. The first kappa shape index (κ1) is 21.4. The van der Waals surface area contributed by atoms with Crippen molar-refractivity contribution in [1.82, 2.24) is 15.5 Å². The largest absolute Gasteiger partial charge is 0.388 e. The lowest BCUT2D eigenvalue weighted by Crippen LogP contribution is -2.57. The lowest BCUT2D eigenvalue weighted by molar-refractivity contribution is -0.141. The second-order valence-corrected chi connectivity index (χ2v) is 8.57. The zero-order chi connectivity index (χ0) is 19.6. The van der Waals surface area contributed by atoms with E-state index in [2.05, 4.69) is 31.4 Å². The van der Waals surface area contributed by atoms with Crippen LogP contribution in [-0.4, -0.2) is 69.7 Å². The zero-order valence-corrected chi connectivity index (χ0v) is 15.9. The number of carbonyl (C=O) groups excluding carboxylic acids is 3. The number of rotatable bonds is 5. The Kier molecular flexibility index (Phi) is 6.58. The molecule has 25 heavy (non-hydrogen) atoms. The lowest BCUT2D eigenvalue weighted by Gasteiger charge is -2.35. The highest BCUT2D eigenvalue weighted by Crippen LogP contribution is 2.28. The maximum Gasteiger partial charge on any atom is 0.246 e. The molecule has 1 fully saturated rings. The van der Waals surface area contributed by atoms with Crippen molar-refractivity contribution in [2.24, 2.45) is 5.41 Å². The van der Waals surface area contributed by atoms with Crippen LogP contribution in [0.2, 0.25) is 0 Å². The molecule has 1 aliphatic rings. The average molecular weight is 357 g/mol. The Morgan fingerprint density at radius 3 is 2.16 bits per heavy atom. The van der Waals surface area contributed by atoms with Crippen molar-refractivity contribution in [2.75, 3.05) is 13.1 Å². The number of aliphatic hydroxyl groups excluding tert-OH is 2. The molecular formula is C17H31N3O5. The number of hydrogen-bond acceptors (Lipinski definition) is 5. The van der Waals surface area contributed by atoms with Gasteiger partial charge < -0.3 is 25.7 Å². The van der Waals surface area contributed by atoms with Crippen LogP contribution in [0.3, 0.4) is 0 Å². The summed E-state index contributed by atoms with van der Waals surface area (Å²) in [7, 11) is 0. The van der Waals surface area contributed by atoms with Crippen molar-refractivity contribution in [2.45, 2.75) is 71.8 Å². The summed E-state index contributed by atoms with van der Waals surface area (Å²) in [6, 6.07) is -1.18. The van der Waals surface area contributed by atoms with Crippen LogP contribution < -0.4 is 10.6 Å². The molecule has 0 aromatic carbocycles. The van der Waals surface area contributed by atoms with Gasteiger partial charge in [0.1, 0.15) is 12.1 Å². The van der Waals surface area contributed by atoms with Gasteiger partial charge in [-0.25, -0.2) is 0 Å². The zero-order valence-electron chi connectivity index (χ0n) is 15.9. The standard InChI is InChI=1S/C17H31N3O5/c1-10(21)18-7-12(23)20-8-11(22)14(24)13(20)15(25)19-17(5,6)9-16(2,3)4/h11,13-14,22,24H,7-9H2,1-6H3,(H,18,21)(H,19,25)/t11-,13?,14+/m0/s1. The normalized spacial score (nSPS) is 24.2. The highest BCUT2D eigenvalue weighted by molar-refractivity contribution is 5.91. The van der Waals surface area contributed by atoms with Crippen molar-refractivity contribution in [3.05, 3.63) is 0 Å². The highest BCUT2D eigenvalue weighted by atomic mass is 16.3. The van der Waals surface area contributed by atoms with Crippen molar-refractivity contribution in [1.29, 1.82) is 0 Å². The SMILES string of the molecule is CC(=O)NCC(=O)N1C[C@H](O)[C@@H](O)C1C(=O)NC(C)(C)CC(C)(C)C. The van der Waals surface area contributed by atoms with Crippen LogP contribution in [0, 0.1) is 5.41 Å². The van der Waals surface area contributed by atoms with Crippen LogP contribution in [0.4, 0.5) is 0 Å². The van der Waals surface area contributed by atoms with Gasteiger partial charge in [-0.3, -0.25) is 14.4 Å². The molecule has 1 rings (SSSR count). The van der Waals surface area contributed by atoms with Gasteiger partial charge in [0.2, 0.25) is 17.7 Å². The second kappa shape index (κ2) is 7.70. The summed E-state index contributed by atoms with van der Waals surface area (Å²) in [5.74, 6) is -1.42. The fraction of sp³-hybridized carbons (Fsp3) is 0.824. The van der Waals surface area contributed by atoms with Crippen molar-refractivity contribution in [3.8, 4) is 0 Å². The van der Waals surface area contributed by atoms with Crippen LogP contribution in [0.25, 0.3) is 0 Å². The molecule has 3 atom stereocenters. The summed E-state index contributed by atoms with van der Waals surface area (Å²) in [5, 5.41) is 25.3. The van der Waals surface area contributed by atoms with Crippen LogP contribution in [0.1, 0.15) is 48.0 Å². The highest BCUT2D eigenvalue weighted by Gasteiger charge is 2.47. The van der Waals surface area contributed by atoms with E-state index in [1.54, 1.807) is 0 Å². The van der Waals surface area contributed by atoms with E-state index >= 15 is 0 Å². The van der Waals surface area contributed by atoms with Gasteiger partial charge in [0, 0.05) is 12.5 Å². The van der Waals surface area contributed by atoms with E-state index < -0.39 is 35.6 Å². The molecule has 0 spiro atoms. The predicted octanol–water partition coefficient (Wildman–Crippen LogP) is -0.614. The third-order valence-corrected chi connectivity index (χ3v) is 3.95. The Balaban J connectivity index is 2.88. The number of likely N-dealkylation sites (tertiary alicyclic amines) is 1. The fourth-order valence-electron chi connectivity index (χ4n) is 3.45. The number of hydrogen-bond donors (Lipinski definition) is 4. The number of nitrogens with one attached hydrogen (secondary N) is 2. The summed E-state index contributed by atoms with van der Waals surface area (Å²) in [6.45, 7) is 10.7. The summed E-state index contributed by atoms with van der Waals surface area (Å²) < 4.78 is 0. The van der Waals surface area contributed by atoms with Gasteiger partial charge in [-0.2, -0.15) is 0 Å². The fourth-order valence-corrected chi connectivity index (χ4v) is 3.45. The Morgan fingerprint density at radius 1 is 1.12 bits per heavy atom. The van der Waals surface area contributed by atoms with Gasteiger partial charge >= 0.3 is 0 Å². The maximum atomic E-state index is 12.7. The molecule has 8 nitrogen and oxygen atoms in total. The molecule has 0 aromatic heterocycles. The number of amides is 3. The molecule has 144 valence electrons. The van der Waals surface area contributed by atoms with Crippen LogP contribution in [-0.2, 0) is 14.4 Å². The van der Waals surface area contributed by atoms with E-state index in [0.29, 0.717) is 6.42 Å². The third kappa shape index (κ3) is 6.28. The van der Waals surface area contributed by atoms with Crippen LogP contribution >= 0.6 is 0 Å². The molecule has 8 heteroatoms. The topological polar surface area (TPSA) is 119 Å². The molecule has 0 aliphatic carbocycles. The maximum absolute atomic E-state index is 12.7. The van der Waals surface area contributed by atoms with Crippen molar-refractivity contribution >= 4 is 17.7 Å². The summed E-state index contributed by atoms with van der Waals surface area (Å²) in [5.41, 5.74) is -0.569. The smallest absolute Gasteiger partial charge is 0.246 e. The Morgan fingerprint density at radius 2 is 1.68 bits per heavy atom. The first-order valence-electron chi connectivity index (χ1n) is 8.45. The minimum Gasteiger partial charge on any atom is -0.388 e. The van der Waals surface area contributed by atoms with E-state index in [9.17, 15) is 24.6 Å². The Labute approximate surface area is 149 Å². The summed E-state index contributed by atoms with van der Waals surface area (Å²) >= 11 is 0. The average Bonchev–Trinajstić information content (AvgIpc) is 2.68. The molecular weight excluding hydrogens is 326 g/mol. The molecule has 1 aliphatic heterocycles. The summed E-state index contributed by atoms with van der Waals surface area (Å²) in [6.07, 6.45) is -1.88. The molecule has 3 amide bonds. The number of carbonyl (C=O) groups is 3. The monoisotopic (exact) mass is 357 g/mol. The number of nitrogens with zero attached hydrogens (tertiary/aromatic N) is 1. The first-order chi connectivity index (χ1) is 11.2. The van der Waals surface area contributed by atoms with Crippen LogP contribution in [0.5, 0.6) is 0 Å². The molecule has 1 saturated heterocycles. The molecule has 1 unspecified atom stereocenters. The molecule has 0 radical (unpaired) electrons. The Hall–Kier alpha value is -1.67. The molecule has 0 aromatic rings. The first-order valence-corrected chi connectivity index (χ1v) is 8.45. The quantitative estimate of drug-likeness (QED) is 0.523. The Bertz CT molecular complexity index is 527. The third-order valence-electron chi connectivity index (χ3n) is 3.95. The number of aliphatic hydroxyl groups is 2. The van der Waals surface area contributed by atoms with E-state index in [4.69, 9.17) is 0 Å². The van der Waals surface area contributed by atoms with Gasteiger partial charge in [-0.15, -0.1) is 0 Å². The molecule has 1 heterocycles. The minimum atomic E-state index is -1.37. The van der Waals surface area contributed by atoms with Gasteiger partial charge in [-0.05, 0) is 25.7 Å².